The summed E-state index contributed by atoms with van der Waals surface area (Å²) < 4.78 is 0. The molecule has 0 saturated heterocycles. The minimum absolute atomic E-state index is 0.00695. The Labute approximate surface area is 199 Å². The summed E-state index contributed by atoms with van der Waals surface area (Å²) in [6, 6.07) is 4.26. The van der Waals surface area contributed by atoms with Gasteiger partial charge in [-0.3, -0.25) is 14.4 Å². The maximum atomic E-state index is 13.0. The van der Waals surface area contributed by atoms with Gasteiger partial charge in [-0.1, -0.05) is 44.2 Å². The molecule has 10 nitrogen and oxygen atoms in total. The molecule has 0 spiro atoms. The van der Waals surface area contributed by atoms with Gasteiger partial charge in [0.1, 0.15) is 18.1 Å². The third kappa shape index (κ3) is 9.80. The summed E-state index contributed by atoms with van der Waals surface area (Å²) >= 11 is 3.99. The van der Waals surface area contributed by atoms with E-state index in [9.17, 15) is 29.4 Å². The summed E-state index contributed by atoms with van der Waals surface area (Å²) in [4.78, 5) is 49.5. The Morgan fingerprint density at radius 2 is 1.52 bits per heavy atom. The van der Waals surface area contributed by atoms with Gasteiger partial charge in [-0.25, -0.2) is 4.79 Å². The highest BCUT2D eigenvalue weighted by Gasteiger charge is 2.32. The van der Waals surface area contributed by atoms with Crippen molar-refractivity contribution in [1.82, 2.24) is 16.0 Å². The number of nitrogens with two attached hydrogens (primary N) is 1. The zero-order valence-corrected chi connectivity index (χ0v) is 19.9. The van der Waals surface area contributed by atoms with Gasteiger partial charge in [-0.15, -0.1) is 0 Å². The second kappa shape index (κ2) is 13.8. The topological polar surface area (TPSA) is 171 Å². The summed E-state index contributed by atoms with van der Waals surface area (Å²) in [5, 5.41) is 26.8. The molecule has 0 aromatic heterocycles. The van der Waals surface area contributed by atoms with Gasteiger partial charge < -0.3 is 31.9 Å². The number of aliphatic hydroxyl groups is 1. The largest absolute Gasteiger partial charge is 0.480 e. The number of rotatable bonds is 13. The van der Waals surface area contributed by atoms with E-state index >= 15 is 0 Å². The Balaban J connectivity index is 3.03. The van der Waals surface area contributed by atoms with Crippen LogP contribution in [0.3, 0.4) is 0 Å². The van der Waals surface area contributed by atoms with Gasteiger partial charge >= 0.3 is 5.97 Å². The molecule has 0 saturated carbocycles. The normalized spacial score (nSPS) is 15.6. The van der Waals surface area contributed by atoms with E-state index in [2.05, 4.69) is 28.6 Å². The van der Waals surface area contributed by atoms with Crippen LogP contribution in [0.1, 0.15) is 32.8 Å². The third-order valence-corrected chi connectivity index (χ3v) is 5.23. The molecule has 5 unspecified atom stereocenters. The molecule has 1 aromatic rings. The van der Waals surface area contributed by atoms with E-state index in [0.29, 0.717) is 0 Å². The maximum absolute atomic E-state index is 13.0. The maximum Gasteiger partial charge on any atom is 0.326 e. The first kappa shape index (κ1) is 28.4. The molecular weight excluding hydrogens is 448 g/mol. The lowest BCUT2D eigenvalue weighted by Crippen LogP contribution is -2.60. The lowest BCUT2D eigenvalue weighted by molar-refractivity contribution is -0.143. The van der Waals surface area contributed by atoms with Crippen molar-refractivity contribution < 1.29 is 29.4 Å². The highest BCUT2D eigenvalue weighted by atomic mass is 32.1. The average Bonchev–Trinajstić information content (AvgIpc) is 2.75. The zero-order chi connectivity index (χ0) is 25.1. The molecule has 5 atom stereocenters. The van der Waals surface area contributed by atoms with Gasteiger partial charge in [-0.2, -0.15) is 12.6 Å². The fourth-order valence-corrected chi connectivity index (χ4v) is 3.20. The lowest BCUT2D eigenvalue weighted by Gasteiger charge is -2.27. The number of amides is 3. The second-order valence-corrected chi connectivity index (χ2v) is 8.66. The Kier molecular flexibility index (Phi) is 11.9. The molecule has 1 rings (SSSR count). The number of aliphatic hydroxyl groups excluding tert-OH is 1. The molecule has 0 heterocycles. The number of carbonyl (C=O) groups excluding carboxylic acids is 3. The van der Waals surface area contributed by atoms with Crippen molar-refractivity contribution in [2.45, 2.75) is 63.9 Å². The number of nitrogens with one attached hydrogen (secondary N) is 3. The number of hydrogen-bond acceptors (Lipinski definition) is 7. The monoisotopic (exact) mass is 482 g/mol. The molecule has 0 aliphatic heterocycles. The Morgan fingerprint density at radius 1 is 0.939 bits per heavy atom. The average molecular weight is 483 g/mol. The van der Waals surface area contributed by atoms with Crippen molar-refractivity contribution in [2.75, 3.05) is 5.75 Å². The van der Waals surface area contributed by atoms with Crippen molar-refractivity contribution >= 4 is 36.3 Å². The van der Waals surface area contributed by atoms with Crippen LogP contribution < -0.4 is 21.7 Å². The highest BCUT2D eigenvalue weighted by Crippen LogP contribution is 2.08. The molecule has 33 heavy (non-hydrogen) atoms. The standard InChI is InChI=1S/C22H34N4O6S/c1-12(2)9-17(22(31)32)25-21(30)18(13(3)27)26-20(29)16(24-19(28)15(23)11-33)10-14-7-5-4-6-8-14/h4-8,12-13,15-18,27,33H,9-11,23H2,1-3H3,(H,24,28)(H,25,30)(H,26,29)(H,31,32). The number of benzene rings is 1. The van der Waals surface area contributed by atoms with E-state index in [1.807, 2.05) is 13.8 Å². The van der Waals surface area contributed by atoms with Gasteiger partial charge in [0.25, 0.3) is 0 Å². The van der Waals surface area contributed by atoms with E-state index in [-0.39, 0.29) is 24.5 Å². The molecule has 1 aromatic carbocycles. The first-order valence-corrected chi connectivity index (χ1v) is 11.3. The predicted molar refractivity (Wildman–Crippen MR) is 127 cm³/mol. The van der Waals surface area contributed by atoms with E-state index in [1.54, 1.807) is 30.3 Å². The quantitative estimate of drug-likeness (QED) is 0.185. The van der Waals surface area contributed by atoms with Gasteiger partial charge in [0, 0.05) is 12.2 Å². The van der Waals surface area contributed by atoms with Crippen molar-refractivity contribution in [2.24, 2.45) is 11.7 Å². The van der Waals surface area contributed by atoms with E-state index in [0.717, 1.165) is 5.56 Å². The Hall–Kier alpha value is -2.63. The van der Waals surface area contributed by atoms with Crippen LogP contribution in [0.4, 0.5) is 0 Å². The molecule has 0 radical (unpaired) electrons. The van der Waals surface area contributed by atoms with Crippen LogP contribution in [0.15, 0.2) is 30.3 Å². The smallest absolute Gasteiger partial charge is 0.326 e. The van der Waals surface area contributed by atoms with E-state index in [1.165, 1.54) is 6.92 Å². The van der Waals surface area contributed by atoms with E-state index < -0.39 is 54.0 Å². The first-order chi connectivity index (χ1) is 15.5. The van der Waals surface area contributed by atoms with E-state index in [4.69, 9.17) is 5.73 Å². The van der Waals surface area contributed by atoms with Crippen LogP contribution >= 0.6 is 12.6 Å². The van der Waals surface area contributed by atoms with Crippen LogP contribution in [-0.4, -0.2) is 69.9 Å². The summed E-state index contributed by atoms with van der Waals surface area (Å²) in [5.41, 5.74) is 6.45. The molecular formula is C22H34N4O6S. The van der Waals surface area contributed by atoms with Crippen molar-refractivity contribution in [3.05, 3.63) is 35.9 Å². The zero-order valence-electron chi connectivity index (χ0n) is 19.0. The van der Waals surface area contributed by atoms with Crippen LogP contribution in [0.5, 0.6) is 0 Å². The fourth-order valence-electron chi connectivity index (χ4n) is 3.03. The molecule has 3 amide bonds. The molecule has 11 heteroatoms. The number of thiol groups is 1. The number of hydrogen-bond donors (Lipinski definition) is 7. The number of aliphatic carboxylic acids is 1. The number of carboxylic acid groups (broad SMARTS) is 1. The van der Waals surface area contributed by atoms with Gasteiger partial charge in [0.2, 0.25) is 17.7 Å². The van der Waals surface area contributed by atoms with Gasteiger partial charge in [0.15, 0.2) is 0 Å². The third-order valence-electron chi connectivity index (χ3n) is 4.83. The van der Waals surface area contributed by atoms with Gasteiger partial charge in [0.05, 0.1) is 12.1 Å². The van der Waals surface area contributed by atoms with Crippen LogP contribution in [0.25, 0.3) is 0 Å². The van der Waals surface area contributed by atoms with Crippen LogP contribution in [-0.2, 0) is 25.6 Å². The SMILES string of the molecule is CC(C)CC(NC(=O)C(NC(=O)C(Cc1ccccc1)NC(=O)C(N)CS)C(C)O)C(=O)O. The van der Waals surface area contributed by atoms with Crippen molar-refractivity contribution in [3.8, 4) is 0 Å². The summed E-state index contributed by atoms with van der Waals surface area (Å²) in [6.45, 7) is 4.91. The molecule has 0 bridgehead atoms. The molecule has 0 aliphatic carbocycles. The number of carbonyl (C=O) groups is 4. The molecule has 0 aliphatic rings. The Bertz CT molecular complexity index is 805. The second-order valence-electron chi connectivity index (χ2n) is 8.30. The fraction of sp³-hybridized carbons (Fsp3) is 0.545. The van der Waals surface area contributed by atoms with Crippen LogP contribution in [0, 0.1) is 5.92 Å². The van der Waals surface area contributed by atoms with Gasteiger partial charge in [-0.05, 0) is 24.8 Å². The summed E-state index contributed by atoms with van der Waals surface area (Å²) in [7, 11) is 0. The Morgan fingerprint density at radius 3 is 2.00 bits per heavy atom. The van der Waals surface area contributed by atoms with Crippen molar-refractivity contribution in [1.29, 1.82) is 0 Å². The first-order valence-electron chi connectivity index (χ1n) is 10.7. The summed E-state index contributed by atoms with van der Waals surface area (Å²) in [5.74, 6) is -3.33. The highest BCUT2D eigenvalue weighted by molar-refractivity contribution is 7.80. The molecule has 184 valence electrons. The molecule has 7 N–H and O–H groups in total. The molecule has 0 fully saturated rings. The lowest BCUT2D eigenvalue weighted by atomic mass is 10.0. The summed E-state index contributed by atoms with van der Waals surface area (Å²) in [6.07, 6.45) is -1.04. The minimum Gasteiger partial charge on any atom is -0.480 e. The van der Waals surface area contributed by atoms with Crippen LogP contribution in [0.2, 0.25) is 0 Å². The minimum atomic E-state index is -1.43. The van der Waals surface area contributed by atoms with Crippen molar-refractivity contribution in [3.63, 3.8) is 0 Å². The predicted octanol–water partition coefficient (Wildman–Crippen LogP) is -0.548. The number of carboxylic acids is 1.